The number of benzene rings is 1. The van der Waals surface area contributed by atoms with E-state index in [-0.39, 0.29) is 11.5 Å². The Kier molecular flexibility index (Phi) is 6.51. The highest BCUT2D eigenvalue weighted by atomic mass is 16.5. The molecule has 0 bridgehead atoms. The van der Waals surface area contributed by atoms with Crippen LogP contribution in [-0.2, 0) is 19.1 Å². The van der Waals surface area contributed by atoms with Gasteiger partial charge < -0.3 is 14.8 Å². The van der Waals surface area contributed by atoms with Gasteiger partial charge in [-0.3, -0.25) is 4.79 Å². The zero-order chi connectivity index (χ0) is 18.2. The summed E-state index contributed by atoms with van der Waals surface area (Å²) in [5.74, 6) is -1.08. The summed E-state index contributed by atoms with van der Waals surface area (Å²) in [4.78, 5) is 35.5. The summed E-state index contributed by atoms with van der Waals surface area (Å²) in [7, 11) is 0. The van der Waals surface area contributed by atoms with Crippen LogP contribution in [0.25, 0.3) is 0 Å². The second-order valence-electron chi connectivity index (χ2n) is 5.49. The molecular weight excluding hydrogens is 322 g/mol. The fourth-order valence-corrected chi connectivity index (χ4v) is 2.08. The number of carbonyl (C=O) groups is 3. The molecule has 2 rings (SSSR count). The highest BCUT2D eigenvalue weighted by molar-refractivity contribution is 6.23. The van der Waals surface area contributed by atoms with E-state index < -0.39 is 11.8 Å². The second kappa shape index (κ2) is 8.82. The number of rotatable bonds is 7. The van der Waals surface area contributed by atoms with Gasteiger partial charge in [0.15, 0.2) is 5.78 Å². The monoisotopic (exact) mass is 343 g/mol. The van der Waals surface area contributed by atoms with Crippen molar-refractivity contribution in [1.29, 1.82) is 0 Å². The fraction of sp³-hybridized carbons (Fsp3) is 0.316. The van der Waals surface area contributed by atoms with Gasteiger partial charge in [0.25, 0.3) is 0 Å². The molecule has 0 fully saturated rings. The Morgan fingerprint density at radius 1 is 1.20 bits per heavy atom. The molecule has 1 aromatic carbocycles. The minimum atomic E-state index is -0.673. The van der Waals surface area contributed by atoms with E-state index in [1.165, 1.54) is 12.3 Å². The summed E-state index contributed by atoms with van der Waals surface area (Å²) >= 11 is 0. The number of unbranched alkanes of at least 4 members (excludes halogenated alkanes) is 1. The first-order chi connectivity index (χ1) is 12.0. The van der Waals surface area contributed by atoms with E-state index in [9.17, 15) is 14.4 Å². The average molecular weight is 343 g/mol. The third-order valence-electron chi connectivity index (χ3n) is 3.58. The smallest absolute Gasteiger partial charge is 0.348 e. The van der Waals surface area contributed by atoms with Crippen molar-refractivity contribution in [2.45, 2.75) is 33.1 Å². The molecule has 1 heterocycles. The van der Waals surface area contributed by atoms with E-state index in [4.69, 9.17) is 9.47 Å². The van der Waals surface area contributed by atoms with Crippen molar-refractivity contribution in [1.82, 2.24) is 0 Å². The maximum absolute atomic E-state index is 11.9. The highest BCUT2D eigenvalue weighted by Gasteiger charge is 2.25. The van der Waals surface area contributed by atoms with E-state index in [0.717, 1.165) is 12.8 Å². The molecular formula is C19H21NO5. The SMILES string of the molecule is CCCCOC(=O)c1ccc(NC=C2C(=O)C=C(CC)OC2=O)cc1. The number of hydrogen-bond acceptors (Lipinski definition) is 6. The summed E-state index contributed by atoms with van der Waals surface area (Å²) in [5.41, 5.74) is 1.00. The van der Waals surface area contributed by atoms with Crippen molar-refractivity contribution in [3.63, 3.8) is 0 Å². The van der Waals surface area contributed by atoms with Crippen LogP contribution in [0.15, 0.2) is 47.9 Å². The summed E-state index contributed by atoms with van der Waals surface area (Å²) in [6, 6.07) is 6.56. The standard InChI is InChI=1S/C19H21NO5/c1-3-5-10-24-18(22)13-6-8-14(9-7-13)20-12-16-17(21)11-15(4-2)25-19(16)23/h6-9,11-12,20H,3-5,10H2,1-2H3. The van der Waals surface area contributed by atoms with Crippen LogP contribution in [0.1, 0.15) is 43.5 Å². The molecule has 132 valence electrons. The topological polar surface area (TPSA) is 81.7 Å². The molecule has 1 N–H and O–H groups in total. The van der Waals surface area contributed by atoms with Gasteiger partial charge in [-0.15, -0.1) is 0 Å². The van der Waals surface area contributed by atoms with Crippen molar-refractivity contribution < 1.29 is 23.9 Å². The van der Waals surface area contributed by atoms with Crippen molar-refractivity contribution in [3.8, 4) is 0 Å². The number of ether oxygens (including phenoxy) is 2. The van der Waals surface area contributed by atoms with Gasteiger partial charge in [-0.25, -0.2) is 9.59 Å². The zero-order valence-electron chi connectivity index (χ0n) is 14.3. The van der Waals surface area contributed by atoms with Crippen molar-refractivity contribution in [2.24, 2.45) is 0 Å². The average Bonchev–Trinajstić information content (AvgIpc) is 2.61. The van der Waals surface area contributed by atoms with Crippen LogP contribution in [0.3, 0.4) is 0 Å². The lowest BCUT2D eigenvalue weighted by atomic mass is 10.1. The van der Waals surface area contributed by atoms with Gasteiger partial charge in [0.05, 0.1) is 12.2 Å². The van der Waals surface area contributed by atoms with E-state index in [0.29, 0.717) is 30.0 Å². The van der Waals surface area contributed by atoms with Crippen molar-refractivity contribution in [2.75, 3.05) is 11.9 Å². The molecule has 6 nitrogen and oxygen atoms in total. The number of nitrogens with one attached hydrogen (secondary N) is 1. The molecule has 0 aliphatic carbocycles. The molecule has 0 spiro atoms. The lowest BCUT2D eigenvalue weighted by molar-refractivity contribution is -0.137. The molecule has 0 amide bonds. The number of cyclic esters (lactones) is 1. The minimum absolute atomic E-state index is 0.0692. The van der Waals surface area contributed by atoms with Gasteiger partial charge in [0.1, 0.15) is 11.3 Å². The molecule has 6 heteroatoms. The maximum atomic E-state index is 11.9. The second-order valence-corrected chi connectivity index (χ2v) is 5.49. The molecule has 0 atom stereocenters. The first kappa shape index (κ1) is 18.4. The number of ketones is 1. The molecule has 1 aliphatic heterocycles. The highest BCUT2D eigenvalue weighted by Crippen LogP contribution is 2.17. The van der Waals surface area contributed by atoms with Gasteiger partial charge in [-0.2, -0.15) is 0 Å². The molecule has 1 aromatic rings. The lowest BCUT2D eigenvalue weighted by Gasteiger charge is -2.13. The zero-order valence-corrected chi connectivity index (χ0v) is 14.3. The van der Waals surface area contributed by atoms with E-state index in [2.05, 4.69) is 5.32 Å². The fourth-order valence-electron chi connectivity index (χ4n) is 2.08. The number of hydrogen-bond donors (Lipinski definition) is 1. The van der Waals surface area contributed by atoms with Gasteiger partial charge >= 0.3 is 11.9 Å². The van der Waals surface area contributed by atoms with E-state index in [1.54, 1.807) is 31.2 Å². The van der Waals surface area contributed by atoms with Crippen LogP contribution in [-0.4, -0.2) is 24.3 Å². The number of allylic oxidation sites excluding steroid dienone is 2. The molecule has 0 aromatic heterocycles. The molecule has 0 saturated carbocycles. The normalized spacial score (nSPS) is 15.6. The van der Waals surface area contributed by atoms with Crippen LogP contribution in [0.5, 0.6) is 0 Å². The number of anilines is 1. The first-order valence-corrected chi connectivity index (χ1v) is 8.26. The van der Waals surface area contributed by atoms with Crippen LogP contribution in [0, 0.1) is 0 Å². The minimum Gasteiger partial charge on any atom is -0.462 e. The van der Waals surface area contributed by atoms with E-state index >= 15 is 0 Å². The molecule has 0 radical (unpaired) electrons. The quantitative estimate of drug-likeness (QED) is 0.354. The first-order valence-electron chi connectivity index (χ1n) is 8.26. The van der Waals surface area contributed by atoms with Crippen LogP contribution < -0.4 is 5.32 Å². The summed E-state index contributed by atoms with van der Waals surface area (Å²) < 4.78 is 10.2. The maximum Gasteiger partial charge on any atom is 0.348 e. The van der Waals surface area contributed by atoms with Gasteiger partial charge in [0, 0.05) is 24.4 Å². The van der Waals surface area contributed by atoms with Crippen molar-refractivity contribution in [3.05, 3.63) is 53.4 Å². The predicted octanol–water partition coefficient (Wildman–Crippen LogP) is 3.36. The Morgan fingerprint density at radius 2 is 1.92 bits per heavy atom. The number of carbonyl (C=O) groups excluding carboxylic acids is 3. The summed E-state index contributed by atoms with van der Waals surface area (Å²) in [5, 5.41) is 2.86. The largest absolute Gasteiger partial charge is 0.462 e. The third kappa shape index (κ3) is 5.04. The predicted molar refractivity (Wildman–Crippen MR) is 92.8 cm³/mol. The number of esters is 2. The Morgan fingerprint density at radius 3 is 2.52 bits per heavy atom. The molecule has 25 heavy (non-hydrogen) atoms. The Labute approximate surface area is 146 Å². The van der Waals surface area contributed by atoms with Crippen LogP contribution in [0.4, 0.5) is 5.69 Å². The van der Waals surface area contributed by atoms with Crippen LogP contribution in [0.2, 0.25) is 0 Å². The Hall–Kier alpha value is -2.89. The summed E-state index contributed by atoms with van der Waals surface area (Å²) in [6.07, 6.45) is 4.89. The third-order valence-corrected chi connectivity index (χ3v) is 3.58. The Bertz CT molecular complexity index is 716. The molecule has 1 aliphatic rings. The van der Waals surface area contributed by atoms with Crippen molar-refractivity contribution >= 4 is 23.4 Å². The van der Waals surface area contributed by atoms with E-state index in [1.807, 2.05) is 6.92 Å². The molecule has 0 saturated heterocycles. The van der Waals surface area contributed by atoms with Crippen LogP contribution >= 0.6 is 0 Å². The lowest BCUT2D eigenvalue weighted by Crippen LogP contribution is -2.21. The molecule has 0 unspecified atom stereocenters. The van der Waals surface area contributed by atoms with Gasteiger partial charge in [0.2, 0.25) is 0 Å². The summed E-state index contributed by atoms with van der Waals surface area (Å²) in [6.45, 7) is 4.22. The van der Waals surface area contributed by atoms with Gasteiger partial charge in [-0.1, -0.05) is 20.3 Å². The van der Waals surface area contributed by atoms with Gasteiger partial charge in [-0.05, 0) is 30.7 Å². The Balaban J connectivity index is 1.99.